The number of nitrogens with one attached hydrogen (secondary N) is 1. The van der Waals surface area contributed by atoms with E-state index in [4.69, 9.17) is 10.5 Å². The van der Waals surface area contributed by atoms with Gasteiger partial charge >= 0.3 is 0 Å². The molecule has 1 aliphatic heterocycles. The van der Waals surface area contributed by atoms with E-state index in [1.165, 1.54) is 4.90 Å². The van der Waals surface area contributed by atoms with Crippen LogP contribution >= 0.6 is 11.8 Å². The Morgan fingerprint density at radius 1 is 1.09 bits per heavy atom. The standard InChI is InChI=1S/C26H37N3O2S/c1-17-19(3)25(20(4)18(2)24(17)27)31-21(5)26(30)28-22-11-13-29(14-12-22)15-16-32-23-9-7-6-8-10-23/h6-10,21-22H,11-16,27H2,1-5H3,(H,28,30). The molecule has 1 amide bonds. The number of benzene rings is 2. The number of amides is 1. The quantitative estimate of drug-likeness (QED) is 0.448. The number of ether oxygens (including phenoxy) is 1. The summed E-state index contributed by atoms with van der Waals surface area (Å²) in [4.78, 5) is 16.6. The number of anilines is 1. The molecule has 5 nitrogen and oxygen atoms in total. The van der Waals surface area contributed by atoms with Crippen LogP contribution in [0.3, 0.4) is 0 Å². The number of hydrogen-bond acceptors (Lipinski definition) is 5. The first-order valence-electron chi connectivity index (χ1n) is 11.5. The average molecular weight is 456 g/mol. The maximum Gasteiger partial charge on any atom is 0.260 e. The van der Waals surface area contributed by atoms with Crippen molar-refractivity contribution in [2.24, 2.45) is 0 Å². The van der Waals surface area contributed by atoms with E-state index in [-0.39, 0.29) is 11.9 Å². The van der Waals surface area contributed by atoms with Crippen molar-refractivity contribution < 1.29 is 9.53 Å². The Labute approximate surface area is 197 Å². The van der Waals surface area contributed by atoms with E-state index in [2.05, 4.69) is 40.5 Å². The molecule has 0 saturated carbocycles. The Bertz CT molecular complexity index is 895. The van der Waals surface area contributed by atoms with Crippen molar-refractivity contribution in [1.29, 1.82) is 0 Å². The van der Waals surface area contributed by atoms with Crippen molar-refractivity contribution in [3.63, 3.8) is 0 Å². The Morgan fingerprint density at radius 2 is 1.69 bits per heavy atom. The summed E-state index contributed by atoms with van der Waals surface area (Å²) in [5, 5.41) is 3.20. The Hall–Kier alpha value is -2.18. The Balaban J connectivity index is 1.45. The van der Waals surface area contributed by atoms with E-state index in [1.807, 2.05) is 46.4 Å². The van der Waals surface area contributed by atoms with E-state index in [0.29, 0.717) is 0 Å². The zero-order valence-electron chi connectivity index (χ0n) is 20.0. The number of carbonyl (C=O) groups excluding carboxylic acids is 1. The molecular weight excluding hydrogens is 418 g/mol. The molecule has 1 heterocycles. The number of nitrogens with zero attached hydrogens (tertiary/aromatic N) is 1. The lowest BCUT2D eigenvalue weighted by atomic mass is 9.97. The van der Waals surface area contributed by atoms with Crippen molar-refractivity contribution >= 4 is 23.4 Å². The maximum absolute atomic E-state index is 12.8. The van der Waals surface area contributed by atoms with E-state index < -0.39 is 6.10 Å². The van der Waals surface area contributed by atoms with Gasteiger partial charge in [0.2, 0.25) is 0 Å². The van der Waals surface area contributed by atoms with Crippen LogP contribution in [0.15, 0.2) is 35.2 Å². The molecule has 1 atom stereocenters. The van der Waals surface area contributed by atoms with E-state index in [9.17, 15) is 4.79 Å². The molecule has 1 fully saturated rings. The van der Waals surface area contributed by atoms with Gasteiger partial charge in [-0.3, -0.25) is 4.79 Å². The molecule has 0 bridgehead atoms. The molecule has 174 valence electrons. The number of piperidine rings is 1. The third-order valence-electron chi connectivity index (χ3n) is 6.63. The summed E-state index contributed by atoms with van der Waals surface area (Å²) in [5.41, 5.74) is 11.1. The van der Waals surface area contributed by atoms with Crippen LogP contribution in [0, 0.1) is 27.7 Å². The lowest BCUT2D eigenvalue weighted by Crippen LogP contribution is -2.48. The molecular formula is C26H37N3O2S. The van der Waals surface area contributed by atoms with E-state index in [0.717, 1.165) is 71.9 Å². The van der Waals surface area contributed by atoms with Gasteiger partial charge in [0.1, 0.15) is 5.75 Å². The third-order valence-corrected chi connectivity index (χ3v) is 7.62. The Kier molecular flexibility index (Phi) is 8.49. The molecule has 6 heteroatoms. The van der Waals surface area contributed by atoms with Crippen LogP contribution < -0.4 is 15.8 Å². The first-order chi connectivity index (χ1) is 15.3. The summed E-state index contributed by atoms with van der Waals surface area (Å²) in [6, 6.07) is 10.7. The maximum atomic E-state index is 12.8. The number of thioether (sulfide) groups is 1. The third kappa shape index (κ3) is 5.99. The molecule has 3 rings (SSSR count). The van der Waals surface area contributed by atoms with Crippen LogP contribution in [0.2, 0.25) is 0 Å². The second kappa shape index (κ2) is 11.1. The number of carbonyl (C=O) groups is 1. The number of nitrogens with two attached hydrogens (primary N) is 1. The van der Waals surface area contributed by atoms with Crippen LogP contribution in [-0.2, 0) is 4.79 Å². The molecule has 0 aromatic heterocycles. The highest BCUT2D eigenvalue weighted by atomic mass is 32.2. The summed E-state index contributed by atoms with van der Waals surface area (Å²) in [6.45, 7) is 12.9. The van der Waals surface area contributed by atoms with Gasteiger partial charge < -0.3 is 20.7 Å². The second-order valence-corrected chi connectivity index (χ2v) is 9.96. The number of likely N-dealkylation sites (tertiary alicyclic amines) is 1. The highest BCUT2D eigenvalue weighted by Crippen LogP contribution is 2.34. The van der Waals surface area contributed by atoms with Crippen molar-refractivity contribution in [1.82, 2.24) is 10.2 Å². The van der Waals surface area contributed by atoms with Gasteiger partial charge in [0.15, 0.2) is 6.10 Å². The number of hydrogen-bond donors (Lipinski definition) is 2. The van der Waals surface area contributed by atoms with Gasteiger partial charge in [-0.15, -0.1) is 11.8 Å². The van der Waals surface area contributed by atoms with E-state index in [1.54, 1.807) is 0 Å². The predicted octanol–water partition coefficient (Wildman–Crippen LogP) is 4.64. The number of nitrogen functional groups attached to an aromatic ring is 1. The second-order valence-electron chi connectivity index (χ2n) is 8.79. The molecule has 2 aromatic rings. The van der Waals surface area contributed by atoms with Crippen molar-refractivity contribution in [3.05, 3.63) is 52.6 Å². The average Bonchev–Trinajstić information content (AvgIpc) is 2.81. The fourth-order valence-electron chi connectivity index (χ4n) is 4.14. The summed E-state index contributed by atoms with van der Waals surface area (Å²) >= 11 is 1.90. The minimum absolute atomic E-state index is 0.0472. The van der Waals surface area contributed by atoms with Crippen LogP contribution in [0.25, 0.3) is 0 Å². The first-order valence-corrected chi connectivity index (χ1v) is 12.5. The Morgan fingerprint density at radius 3 is 2.28 bits per heavy atom. The highest BCUT2D eigenvalue weighted by molar-refractivity contribution is 7.99. The summed E-state index contributed by atoms with van der Waals surface area (Å²) < 4.78 is 6.13. The normalized spacial score (nSPS) is 16.0. The molecule has 32 heavy (non-hydrogen) atoms. The SMILES string of the molecule is Cc1c(C)c(OC(C)C(=O)NC2CCN(CCSc3ccccc3)CC2)c(C)c(C)c1N. The van der Waals surface area contributed by atoms with Crippen molar-refractivity contribution in [3.8, 4) is 5.75 Å². The summed E-state index contributed by atoms with van der Waals surface area (Å²) in [6.07, 6.45) is 1.41. The lowest BCUT2D eigenvalue weighted by Gasteiger charge is -2.33. The van der Waals surface area contributed by atoms with Crippen molar-refractivity contribution in [2.75, 3.05) is 31.1 Å². The molecule has 1 unspecified atom stereocenters. The van der Waals surface area contributed by atoms with Crippen LogP contribution in [0.5, 0.6) is 5.75 Å². The molecule has 2 aromatic carbocycles. The van der Waals surface area contributed by atoms with Gasteiger partial charge in [0, 0.05) is 42.0 Å². The monoisotopic (exact) mass is 455 g/mol. The lowest BCUT2D eigenvalue weighted by molar-refractivity contribution is -0.128. The zero-order valence-corrected chi connectivity index (χ0v) is 20.8. The van der Waals surface area contributed by atoms with Crippen LogP contribution in [0.1, 0.15) is 42.0 Å². The van der Waals surface area contributed by atoms with Gasteiger partial charge in [-0.1, -0.05) is 18.2 Å². The van der Waals surface area contributed by atoms with Gasteiger partial charge in [-0.05, 0) is 81.8 Å². The largest absolute Gasteiger partial charge is 0.480 e. The van der Waals surface area contributed by atoms with E-state index >= 15 is 0 Å². The first kappa shape index (κ1) is 24.5. The van der Waals surface area contributed by atoms with Gasteiger partial charge in [-0.25, -0.2) is 0 Å². The molecule has 0 radical (unpaired) electrons. The minimum Gasteiger partial charge on any atom is -0.480 e. The van der Waals surface area contributed by atoms with Crippen molar-refractivity contribution in [2.45, 2.75) is 64.5 Å². The summed E-state index contributed by atoms with van der Waals surface area (Å²) in [5.74, 6) is 1.82. The summed E-state index contributed by atoms with van der Waals surface area (Å²) in [7, 11) is 0. The molecule has 0 aliphatic carbocycles. The molecule has 3 N–H and O–H groups in total. The fourth-order valence-corrected chi connectivity index (χ4v) is 5.08. The zero-order chi connectivity index (χ0) is 23.3. The molecule has 1 aliphatic rings. The number of rotatable bonds is 8. The topological polar surface area (TPSA) is 67.6 Å². The fraction of sp³-hybridized carbons (Fsp3) is 0.500. The highest BCUT2D eigenvalue weighted by Gasteiger charge is 2.25. The molecule has 0 spiro atoms. The van der Waals surface area contributed by atoms with Gasteiger partial charge in [-0.2, -0.15) is 0 Å². The van der Waals surface area contributed by atoms with Gasteiger partial charge in [0.25, 0.3) is 5.91 Å². The van der Waals surface area contributed by atoms with Crippen LogP contribution in [0.4, 0.5) is 5.69 Å². The van der Waals surface area contributed by atoms with Gasteiger partial charge in [0.05, 0.1) is 0 Å². The minimum atomic E-state index is -0.546. The van der Waals surface area contributed by atoms with Crippen LogP contribution in [-0.4, -0.2) is 48.3 Å². The predicted molar refractivity (Wildman–Crippen MR) is 135 cm³/mol. The molecule has 1 saturated heterocycles. The smallest absolute Gasteiger partial charge is 0.260 e.